The Balaban J connectivity index is 3.15. The molecule has 3 heteroatoms. The zero-order valence-electron chi connectivity index (χ0n) is 5.46. The molecule has 0 fully saturated rings. The Morgan fingerprint density at radius 2 is 2.00 bits per heavy atom. The molecule has 0 spiro atoms. The van der Waals surface area contributed by atoms with Crippen molar-refractivity contribution in [1.29, 1.82) is 5.41 Å². The molecule has 0 aliphatic heterocycles. The van der Waals surface area contributed by atoms with Gasteiger partial charge < -0.3 is 0 Å². The van der Waals surface area contributed by atoms with Gasteiger partial charge in [0.25, 0.3) is 0 Å². The molecule has 0 saturated carbocycles. The summed E-state index contributed by atoms with van der Waals surface area (Å²) in [6.45, 7) is 0. The van der Waals surface area contributed by atoms with Gasteiger partial charge in [0, 0.05) is 0 Å². The fraction of sp³-hybridized carbons (Fsp3) is 0. The monoisotopic (exact) mass is 196 g/mol. The van der Waals surface area contributed by atoms with Crippen LogP contribution < -0.4 is 10.1 Å². The van der Waals surface area contributed by atoms with Crippen LogP contribution in [0.3, 0.4) is 0 Å². The Morgan fingerprint density at radius 1 is 1.40 bits per heavy atom. The average molecular weight is 196 g/mol. The number of nitrogen functional groups attached to an aromatic ring is 1. The SMILES string of the molecule is N=C(N)c1ccccc1[AsH2]. The van der Waals surface area contributed by atoms with Crippen LogP contribution in [0, 0.1) is 5.41 Å². The van der Waals surface area contributed by atoms with Crippen LogP contribution in [0.15, 0.2) is 24.3 Å². The molecular weight excluding hydrogens is 187 g/mol. The van der Waals surface area contributed by atoms with Crippen LogP contribution in [0.5, 0.6) is 0 Å². The summed E-state index contributed by atoms with van der Waals surface area (Å²) in [5.41, 5.74) is 6.16. The molecule has 0 aliphatic rings. The van der Waals surface area contributed by atoms with E-state index in [1.54, 1.807) is 0 Å². The molecule has 1 aromatic rings. The van der Waals surface area contributed by atoms with Gasteiger partial charge in [-0.05, 0) is 0 Å². The van der Waals surface area contributed by atoms with E-state index < -0.39 is 0 Å². The van der Waals surface area contributed by atoms with Crippen molar-refractivity contribution in [3.63, 3.8) is 0 Å². The van der Waals surface area contributed by atoms with Crippen molar-refractivity contribution in [1.82, 2.24) is 0 Å². The Kier molecular flexibility index (Phi) is 2.13. The second kappa shape index (κ2) is 2.89. The predicted octanol–water partition coefficient (Wildman–Crippen LogP) is -0.771. The number of nitrogens with two attached hydrogens (primary N) is 1. The minimum absolute atomic E-state index is 0.153. The summed E-state index contributed by atoms with van der Waals surface area (Å²) < 4.78 is 1.11. The van der Waals surface area contributed by atoms with Gasteiger partial charge in [-0.1, -0.05) is 0 Å². The first kappa shape index (κ1) is 7.36. The summed E-state index contributed by atoms with van der Waals surface area (Å²) >= 11 is 1.50. The molecule has 52 valence electrons. The van der Waals surface area contributed by atoms with Crippen molar-refractivity contribution in [2.75, 3.05) is 0 Å². The van der Waals surface area contributed by atoms with Gasteiger partial charge >= 0.3 is 68.0 Å². The van der Waals surface area contributed by atoms with Gasteiger partial charge in [0.2, 0.25) is 0 Å². The molecule has 0 amide bonds. The third kappa shape index (κ3) is 1.39. The maximum absolute atomic E-state index is 7.16. The molecule has 0 aliphatic carbocycles. The molecular formula is C7H9AsN2. The first-order valence-electron chi connectivity index (χ1n) is 2.90. The van der Waals surface area contributed by atoms with E-state index in [0.29, 0.717) is 0 Å². The number of hydrogen-bond acceptors (Lipinski definition) is 1. The molecule has 2 nitrogen and oxygen atoms in total. The van der Waals surface area contributed by atoms with Gasteiger partial charge in [-0.3, -0.25) is 0 Å². The minimum atomic E-state index is 0.153. The topological polar surface area (TPSA) is 49.9 Å². The standard InChI is InChI=1S/C7H9AsN2/c8-6-4-2-1-3-5(6)7(9)10/h1-4H,8H2,(H3,9,10). The van der Waals surface area contributed by atoms with Crippen LogP contribution in [-0.4, -0.2) is 22.7 Å². The number of nitrogens with one attached hydrogen (secondary N) is 1. The first-order valence-corrected chi connectivity index (χ1v) is 4.12. The molecule has 0 saturated heterocycles. The van der Waals surface area contributed by atoms with Crippen LogP contribution in [-0.2, 0) is 0 Å². The van der Waals surface area contributed by atoms with Crippen molar-refractivity contribution in [3.05, 3.63) is 29.8 Å². The van der Waals surface area contributed by atoms with Gasteiger partial charge in [0.15, 0.2) is 0 Å². The van der Waals surface area contributed by atoms with E-state index in [9.17, 15) is 0 Å². The fourth-order valence-electron chi connectivity index (χ4n) is 0.742. The van der Waals surface area contributed by atoms with Crippen molar-refractivity contribution in [2.24, 2.45) is 5.73 Å². The molecule has 1 rings (SSSR count). The average Bonchev–Trinajstić information content (AvgIpc) is 1.88. The van der Waals surface area contributed by atoms with Gasteiger partial charge in [-0.2, -0.15) is 0 Å². The zero-order valence-corrected chi connectivity index (χ0v) is 7.89. The summed E-state index contributed by atoms with van der Waals surface area (Å²) in [6, 6.07) is 7.67. The third-order valence-electron chi connectivity index (χ3n) is 1.25. The summed E-state index contributed by atoms with van der Waals surface area (Å²) in [4.78, 5) is 0. The van der Waals surface area contributed by atoms with Crippen LogP contribution in [0.25, 0.3) is 0 Å². The van der Waals surface area contributed by atoms with E-state index in [0.717, 1.165) is 9.91 Å². The van der Waals surface area contributed by atoms with Crippen molar-refractivity contribution >= 4 is 27.0 Å². The Bertz CT molecular complexity index is 258. The molecule has 1 aromatic carbocycles. The van der Waals surface area contributed by atoms with E-state index in [1.807, 2.05) is 24.3 Å². The van der Waals surface area contributed by atoms with Gasteiger partial charge in [0.05, 0.1) is 0 Å². The quantitative estimate of drug-likeness (QED) is 0.346. The molecule has 10 heavy (non-hydrogen) atoms. The van der Waals surface area contributed by atoms with Crippen LogP contribution in [0.4, 0.5) is 0 Å². The second-order valence-electron chi connectivity index (χ2n) is 2.00. The Morgan fingerprint density at radius 3 is 2.40 bits per heavy atom. The van der Waals surface area contributed by atoms with Crippen molar-refractivity contribution < 1.29 is 0 Å². The van der Waals surface area contributed by atoms with Gasteiger partial charge in [-0.25, -0.2) is 0 Å². The second-order valence-corrected chi connectivity index (χ2v) is 3.31. The van der Waals surface area contributed by atoms with E-state index in [1.165, 1.54) is 16.9 Å². The van der Waals surface area contributed by atoms with Crippen LogP contribution in [0.1, 0.15) is 5.56 Å². The van der Waals surface area contributed by atoms with Crippen molar-refractivity contribution in [2.45, 2.75) is 0 Å². The van der Waals surface area contributed by atoms with E-state index in [2.05, 4.69) is 0 Å². The fourth-order valence-corrected chi connectivity index (χ4v) is 1.50. The molecule has 1 unspecified atom stereocenters. The molecule has 0 radical (unpaired) electrons. The Labute approximate surface area is 68.4 Å². The number of amidine groups is 1. The zero-order chi connectivity index (χ0) is 7.56. The molecule has 0 bridgehead atoms. The van der Waals surface area contributed by atoms with Gasteiger partial charge in [0.1, 0.15) is 0 Å². The van der Waals surface area contributed by atoms with Crippen LogP contribution in [0.2, 0.25) is 0 Å². The molecule has 0 heterocycles. The third-order valence-corrected chi connectivity index (χ3v) is 2.31. The predicted molar refractivity (Wildman–Crippen MR) is 45.6 cm³/mol. The van der Waals surface area contributed by atoms with Gasteiger partial charge in [-0.15, -0.1) is 0 Å². The summed E-state index contributed by atoms with van der Waals surface area (Å²) in [5.74, 6) is 0.153. The van der Waals surface area contributed by atoms with Crippen molar-refractivity contribution in [3.8, 4) is 0 Å². The van der Waals surface area contributed by atoms with E-state index in [4.69, 9.17) is 11.1 Å². The molecule has 0 aromatic heterocycles. The maximum atomic E-state index is 7.16. The number of rotatable bonds is 1. The molecule has 3 N–H and O–H groups in total. The molecule has 1 atom stereocenters. The van der Waals surface area contributed by atoms with E-state index in [-0.39, 0.29) is 5.84 Å². The first-order chi connectivity index (χ1) is 4.72. The van der Waals surface area contributed by atoms with Crippen LogP contribution >= 0.6 is 0 Å². The Hall–Kier alpha value is -0.752. The van der Waals surface area contributed by atoms with E-state index >= 15 is 0 Å². The number of benzene rings is 1. The normalized spacial score (nSPS) is 9.30. The summed E-state index contributed by atoms with van der Waals surface area (Å²) in [6.07, 6.45) is 0. The number of hydrogen-bond donors (Lipinski definition) is 2. The summed E-state index contributed by atoms with van der Waals surface area (Å²) in [5, 5.41) is 7.16. The summed E-state index contributed by atoms with van der Waals surface area (Å²) in [7, 11) is 0.